The molecule has 0 saturated heterocycles. The predicted octanol–water partition coefficient (Wildman–Crippen LogP) is 2.37. The minimum atomic E-state index is -0.0528. The third-order valence-electron chi connectivity index (χ3n) is 2.99. The smallest absolute Gasteiger partial charge is 0.119 e. The third kappa shape index (κ3) is 2.96. The molecule has 100 valence electrons. The molecule has 0 amide bonds. The molecular formula is C13H19ClN2O2. The number of aromatic nitrogens is 1. The maximum atomic E-state index is 8.82. The maximum absolute atomic E-state index is 8.82. The Morgan fingerprint density at radius 1 is 1.44 bits per heavy atom. The van der Waals surface area contributed by atoms with Crippen LogP contribution in [-0.4, -0.2) is 23.8 Å². The highest BCUT2D eigenvalue weighted by Crippen LogP contribution is 2.28. The van der Waals surface area contributed by atoms with Crippen molar-refractivity contribution in [3.05, 3.63) is 30.0 Å². The summed E-state index contributed by atoms with van der Waals surface area (Å²) < 4.78 is 5.21. The third-order valence-corrected chi connectivity index (χ3v) is 2.99. The lowest BCUT2D eigenvalue weighted by molar-refractivity contribution is 0.280. The summed E-state index contributed by atoms with van der Waals surface area (Å²) >= 11 is 0. The van der Waals surface area contributed by atoms with Gasteiger partial charge in [0.1, 0.15) is 5.75 Å². The van der Waals surface area contributed by atoms with Gasteiger partial charge in [-0.05, 0) is 36.6 Å². The summed E-state index contributed by atoms with van der Waals surface area (Å²) in [7, 11) is 1.65. The first-order chi connectivity index (χ1) is 8.26. The maximum Gasteiger partial charge on any atom is 0.119 e. The van der Waals surface area contributed by atoms with Crippen LogP contribution < -0.4 is 10.5 Å². The number of hydrogen-bond acceptors (Lipinski definition) is 3. The van der Waals surface area contributed by atoms with Gasteiger partial charge in [0.05, 0.1) is 7.11 Å². The predicted molar refractivity (Wildman–Crippen MR) is 75.3 cm³/mol. The second-order valence-corrected chi connectivity index (χ2v) is 4.13. The van der Waals surface area contributed by atoms with Gasteiger partial charge in [-0.3, -0.25) is 0 Å². The first-order valence-electron chi connectivity index (χ1n) is 5.77. The van der Waals surface area contributed by atoms with E-state index in [1.165, 1.54) is 0 Å². The molecule has 2 rings (SSSR count). The Hall–Kier alpha value is -1.23. The molecule has 0 fully saturated rings. The second kappa shape index (κ2) is 6.64. The van der Waals surface area contributed by atoms with Crippen LogP contribution in [0.5, 0.6) is 5.75 Å². The first-order valence-corrected chi connectivity index (χ1v) is 5.77. The summed E-state index contributed by atoms with van der Waals surface area (Å²) in [6.07, 6.45) is 3.44. The van der Waals surface area contributed by atoms with E-state index in [-0.39, 0.29) is 25.1 Å². The number of H-pyrrole nitrogens is 1. The largest absolute Gasteiger partial charge is 0.497 e. The number of nitrogens with one attached hydrogen (secondary N) is 1. The minimum absolute atomic E-state index is 0. The van der Waals surface area contributed by atoms with Crippen LogP contribution in [0.15, 0.2) is 24.4 Å². The topological polar surface area (TPSA) is 71.3 Å². The molecule has 0 saturated carbocycles. The lowest BCUT2D eigenvalue weighted by Crippen LogP contribution is -2.10. The molecule has 4 nitrogen and oxygen atoms in total. The SMILES string of the molecule is COc1ccc2[nH]cc([C@@H](N)CCCO)c2c1.Cl. The number of methoxy groups -OCH3 is 1. The first kappa shape index (κ1) is 14.8. The molecule has 0 bridgehead atoms. The molecule has 1 aromatic carbocycles. The summed E-state index contributed by atoms with van der Waals surface area (Å²) in [6, 6.07) is 5.83. The fraction of sp³-hybridized carbons (Fsp3) is 0.385. The standard InChI is InChI=1S/C13H18N2O2.ClH/c1-17-9-4-5-13-10(7-9)11(8-15-13)12(14)3-2-6-16;/h4-5,7-8,12,15-16H,2-3,6,14H2,1H3;1H/t12-;/m0./s1. The molecule has 0 aliphatic heterocycles. The average Bonchev–Trinajstić information content (AvgIpc) is 2.78. The number of ether oxygens (including phenoxy) is 1. The Morgan fingerprint density at radius 3 is 2.89 bits per heavy atom. The number of nitrogens with two attached hydrogens (primary N) is 1. The Bertz CT molecular complexity index is 499. The highest BCUT2D eigenvalue weighted by atomic mass is 35.5. The average molecular weight is 271 g/mol. The summed E-state index contributed by atoms with van der Waals surface area (Å²) in [5, 5.41) is 9.92. The molecule has 18 heavy (non-hydrogen) atoms. The van der Waals surface area contributed by atoms with Gasteiger partial charge in [0.15, 0.2) is 0 Å². The Labute approximate surface area is 113 Å². The second-order valence-electron chi connectivity index (χ2n) is 4.13. The summed E-state index contributed by atoms with van der Waals surface area (Å²) in [6.45, 7) is 0.180. The summed E-state index contributed by atoms with van der Waals surface area (Å²) in [4.78, 5) is 3.20. The number of aliphatic hydroxyl groups excluding tert-OH is 1. The van der Waals surface area contributed by atoms with Gasteiger partial charge in [0, 0.05) is 29.7 Å². The van der Waals surface area contributed by atoms with Crippen LogP contribution in [-0.2, 0) is 0 Å². The van der Waals surface area contributed by atoms with E-state index in [2.05, 4.69) is 4.98 Å². The van der Waals surface area contributed by atoms with E-state index in [4.69, 9.17) is 15.6 Å². The van der Waals surface area contributed by atoms with E-state index in [1.54, 1.807) is 7.11 Å². The normalized spacial score (nSPS) is 12.2. The van der Waals surface area contributed by atoms with E-state index in [1.807, 2.05) is 24.4 Å². The number of benzene rings is 1. The van der Waals surface area contributed by atoms with Gasteiger partial charge in [-0.2, -0.15) is 0 Å². The lowest BCUT2D eigenvalue weighted by Gasteiger charge is -2.10. The Balaban J connectivity index is 0.00000162. The van der Waals surface area contributed by atoms with Crippen molar-refractivity contribution in [1.82, 2.24) is 4.98 Å². The van der Waals surface area contributed by atoms with Crippen LogP contribution in [0, 0.1) is 0 Å². The molecule has 2 aromatic rings. The van der Waals surface area contributed by atoms with Crippen molar-refractivity contribution in [1.29, 1.82) is 0 Å². The van der Waals surface area contributed by atoms with Gasteiger partial charge in [0.25, 0.3) is 0 Å². The number of aromatic amines is 1. The molecule has 4 N–H and O–H groups in total. The zero-order valence-corrected chi connectivity index (χ0v) is 11.2. The molecule has 0 radical (unpaired) electrons. The van der Waals surface area contributed by atoms with Gasteiger partial charge < -0.3 is 20.6 Å². The lowest BCUT2D eigenvalue weighted by atomic mass is 10.0. The summed E-state index contributed by atoms with van der Waals surface area (Å²) in [5.41, 5.74) is 8.24. The zero-order valence-electron chi connectivity index (χ0n) is 10.3. The zero-order chi connectivity index (χ0) is 12.3. The van der Waals surface area contributed by atoms with E-state index < -0.39 is 0 Å². The van der Waals surface area contributed by atoms with Gasteiger partial charge in [-0.15, -0.1) is 12.4 Å². The van der Waals surface area contributed by atoms with Crippen molar-refractivity contribution in [2.24, 2.45) is 5.73 Å². The van der Waals surface area contributed by atoms with Gasteiger partial charge >= 0.3 is 0 Å². The number of hydrogen-bond donors (Lipinski definition) is 3. The van der Waals surface area contributed by atoms with Gasteiger partial charge in [-0.25, -0.2) is 0 Å². The quantitative estimate of drug-likeness (QED) is 0.781. The highest BCUT2D eigenvalue weighted by molar-refractivity contribution is 5.85. The van der Waals surface area contributed by atoms with Crippen LogP contribution in [0.1, 0.15) is 24.4 Å². The van der Waals surface area contributed by atoms with E-state index in [0.717, 1.165) is 35.1 Å². The monoisotopic (exact) mass is 270 g/mol. The number of fused-ring (bicyclic) bond motifs is 1. The van der Waals surface area contributed by atoms with Crippen molar-refractivity contribution in [3.63, 3.8) is 0 Å². The molecule has 5 heteroatoms. The summed E-state index contributed by atoms with van der Waals surface area (Å²) in [5.74, 6) is 0.827. The molecule has 1 aromatic heterocycles. The van der Waals surface area contributed by atoms with Gasteiger partial charge in [0.2, 0.25) is 0 Å². The molecule has 1 heterocycles. The molecular weight excluding hydrogens is 252 g/mol. The van der Waals surface area contributed by atoms with E-state index in [0.29, 0.717) is 0 Å². The van der Waals surface area contributed by atoms with Crippen LogP contribution in [0.2, 0.25) is 0 Å². The molecule has 0 aliphatic carbocycles. The van der Waals surface area contributed by atoms with E-state index >= 15 is 0 Å². The van der Waals surface area contributed by atoms with Crippen LogP contribution >= 0.6 is 12.4 Å². The molecule has 0 aliphatic rings. The Morgan fingerprint density at radius 2 is 2.22 bits per heavy atom. The van der Waals surface area contributed by atoms with Crippen LogP contribution in [0.25, 0.3) is 10.9 Å². The molecule has 0 unspecified atom stereocenters. The van der Waals surface area contributed by atoms with Gasteiger partial charge in [-0.1, -0.05) is 0 Å². The van der Waals surface area contributed by atoms with Crippen molar-refractivity contribution >= 4 is 23.3 Å². The molecule has 1 atom stereocenters. The fourth-order valence-electron chi connectivity index (χ4n) is 2.02. The minimum Gasteiger partial charge on any atom is -0.497 e. The number of rotatable bonds is 5. The number of aliphatic hydroxyl groups is 1. The molecule has 0 spiro atoms. The van der Waals surface area contributed by atoms with Crippen LogP contribution in [0.4, 0.5) is 0 Å². The Kier molecular flexibility index (Phi) is 5.47. The van der Waals surface area contributed by atoms with E-state index in [9.17, 15) is 0 Å². The van der Waals surface area contributed by atoms with Crippen molar-refractivity contribution in [3.8, 4) is 5.75 Å². The highest BCUT2D eigenvalue weighted by Gasteiger charge is 2.11. The van der Waals surface area contributed by atoms with Crippen molar-refractivity contribution in [2.75, 3.05) is 13.7 Å². The number of halogens is 1. The fourth-order valence-corrected chi connectivity index (χ4v) is 2.02. The van der Waals surface area contributed by atoms with Crippen molar-refractivity contribution < 1.29 is 9.84 Å². The van der Waals surface area contributed by atoms with Crippen molar-refractivity contribution in [2.45, 2.75) is 18.9 Å². The van der Waals surface area contributed by atoms with Crippen LogP contribution in [0.3, 0.4) is 0 Å².